The third-order valence-corrected chi connectivity index (χ3v) is 2.35. The molecule has 0 amide bonds. The van der Waals surface area contributed by atoms with Crippen LogP contribution in [0.5, 0.6) is 0 Å². The van der Waals surface area contributed by atoms with Crippen LogP contribution in [0, 0.1) is 13.8 Å². The van der Waals surface area contributed by atoms with Crippen molar-refractivity contribution in [3.05, 3.63) is 33.8 Å². The molecule has 0 spiro atoms. The van der Waals surface area contributed by atoms with E-state index in [4.69, 9.17) is 11.6 Å². The van der Waals surface area contributed by atoms with Gasteiger partial charge in [-0.3, -0.25) is 0 Å². The highest BCUT2D eigenvalue weighted by atomic mass is 35.5. The van der Waals surface area contributed by atoms with Gasteiger partial charge in [-0.25, -0.2) is 8.78 Å². The Morgan fingerprint density at radius 3 is 2.23 bits per heavy atom. The summed E-state index contributed by atoms with van der Waals surface area (Å²) in [5.74, 6) is -2.82. The highest BCUT2D eigenvalue weighted by molar-refractivity contribution is 6.31. The number of hydrogen-bond donors (Lipinski definition) is 0. The van der Waals surface area contributed by atoms with Gasteiger partial charge in [-0.15, -0.1) is 0 Å². The normalized spacial score (nSPS) is 11.8. The standard InChI is InChI=1S/C10H11ClF2/c1-6-4-8(10(3,12)13)7(2)9(11)5-6/h4-5H,1-3H3. The number of aryl methyl sites for hydroxylation is 1. The summed E-state index contributed by atoms with van der Waals surface area (Å²) < 4.78 is 26.0. The van der Waals surface area contributed by atoms with Gasteiger partial charge >= 0.3 is 0 Å². The summed E-state index contributed by atoms with van der Waals surface area (Å²) in [6.45, 7) is 4.24. The predicted octanol–water partition coefficient (Wildman–Crippen LogP) is 4.07. The molecule has 0 atom stereocenters. The number of alkyl halides is 2. The zero-order chi connectivity index (χ0) is 10.2. The second-order valence-electron chi connectivity index (χ2n) is 3.31. The van der Waals surface area contributed by atoms with Gasteiger partial charge in [0, 0.05) is 17.5 Å². The zero-order valence-corrected chi connectivity index (χ0v) is 8.54. The first-order chi connectivity index (χ1) is 5.82. The van der Waals surface area contributed by atoms with E-state index in [0.717, 1.165) is 12.5 Å². The zero-order valence-electron chi connectivity index (χ0n) is 7.79. The van der Waals surface area contributed by atoms with E-state index in [1.165, 1.54) is 6.07 Å². The Bertz CT molecular complexity index is 326. The number of rotatable bonds is 1. The van der Waals surface area contributed by atoms with Gasteiger partial charge in [0.1, 0.15) is 0 Å². The van der Waals surface area contributed by atoms with Crippen LogP contribution in [0.4, 0.5) is 8.78 Å². The van der Waals surface area contributed by atoms with Crippen LogP contribution in [-0.2, 0) is 5.92 Å². The Kier molecular flexibility index (Phi) is 2.62. The molecule has 3 heteroatoms. The number of halogens is 3. The third-order valence-electron chi connectivity index (χ3n) is 1.96. The molecule has 0 aliphatic carbocycles. The first kappa shape index (κ1) is 10.5. The maximum atomic E-state index is 13.0. The molecule has 1 aromatic carbocycles. The molecule has 0 N–H and O–H groups in total. The Morgan fingerprint density at radius 1 is 1.23 bits per heavy atom. The molecule has 0 aliphatic rings. The lowest BCUT2D eigenvalue weighted by Crippen LogP contribution is -2.09. The molecule has 0 heterocycles. The summed E-state index contributed by atoms with van der Waals surface area (Å²) in [5, 5.41) is 0.400. The Labute approximate surface area is 81.5 Å². The molecule has 72 valence electrons. The fourth-order valence-corrected chi connectivity index (χ4v) is 1.54. The molecule has 0 aromatic heterocycles. The van der Waals surface area contributed by atoms with E-state index >= 15 is 0 Å². The molecule has 13 heavy (non-hydrogen) atoms. The van der Waals surface area contributed by atoms with Crippen LogP contribution in [0.2, 0.25) is 5.02 Å². The Hall–Kier alpha value is -0.630. The van der Waals surface area contributed by atoms with Crippen molar-refractivity contribution >= 4 is 11.6 Å². The average molecular weight is 205 g/mol. The second kappa shape index (κ2) is 3.26. The van der Waals surface area contributed by atoms with Crippen LogP contribution < -0.4 is 0 Å². The van der Waals surface area contributed by atoms with E-state index in [-0.39, 0.29) is 5.56 Å². The second-order valence-corrected chi connectivity index (χ2v) is 3.71. The first-order valence-electron chi connectivity index (χ1n) is 3.97. The van der Waals surface area contributed by atoms with E-state index < -0.39 is 5.92 Å². The highest BCUT2D eigenvalue weighted by Gasteiger charge is 2.27. The molecule has 0 nitrogen and oxygen atoms in total. The van der Waals surface area contributed by atoms with Gasteiger partial charge in [0.15, 0.2) is 0 Å². The van der Waals surface area contributed by atoms with E-state index in [0.29, 0.717) is 10.6 Å². The van der Waals surface area contributed by atoms with E-state index in [9.17, 15) is 8.78 Å². The summed E-state index contributed by atoms with van der Waals surface area (Å²) in [5.41, 5.74) is 1.23. The molecule has 0 saturated carbocycles. The number of benzene rings is 1. The van der Waals surface area contributed by atoms with Crippen LogP contribution in [0.3, 0.4) is 0 Å². The summed E-state index contributed by atoms with van der Waals surface area (Å²) in [7, 11) is 0. The summed E-state index contributed by atoms with van der Waals surface area (Å²) >= 11 is 5.79. The molecular weight excluding hydrogens is 194 g/mol. The van der Waals surface area contributed by atoms with E-state index in [1.54, 1.807) is 19.9 Å². The van der Waals surface area contributed by atoms with Gasteiger partial charge in [0.05, 0.1) is 0 Å². The molecule has 0 aliphatic heterocycles. The van der Waals surface area contributed by atoms with Crippen LogP contribution >= 0.6 is 11.6 Å². The van der Waals surface area contributed by atoms with Crippen molar-refractivity contribution in [1.82, 2.24) is 0 Å². The minimum atomic E-state index is -2.82. The Morgan fingerprint density at radius 2 is 1.77 bits per heavy atom. The van der Waals surface area contributed by atoms with Gasteiger partial charge in [-0.05, 0) is 37.1 Å². The fraction of sp³-hybridized carbons (Fsp3) is 0.400. The minimum absolute atomic E-state index is 0.0116. The SMILES string of the molecule is Cc1cc(Cl)c(C)c(C(C)(F)F)c1. The lowest BCUT2D eigenvalue weighted by molar-refractivity contribution is 0.0168. The molecule has 0 unspecified atom stereocenters. The van der Waals surface area contributed by atoms with Crippen molar-refractivity contribution in [3.63, 3.8) is 0 Å². The molecule has 0 fully saturated rings. The maximum Gasteiger partial charge on any atom is 0.270 e. The van der Waals surface area contributed by atoms with Crippen molar-refractivity contribution in [2.45, 2.75) is 26.7 Å². The molecule has 0 radical (unpaired) electrons. The molecule has 0 bridgehead atoms. The lowest BCUT2D eigenvalue weighted by Gasteiger charge is -2.15. The van der Waals surface area contributed by atoms with Gasteiger partial charge in [-0.2, -0.15) is 0 Å². The molecule has 1 rings (SSSR count). The third kappa shape index (κ3) is 2.19. The minimum Gasteiger partial charge on any atom is -0.202 e. The quantitative estimate of drug-likeness (QED) is 0.647. The van der Waals surface area contributed by atoms with Crippen molar-refractivity contribution in [3.8, 4) is 0 Å². The van der Waals surface area contributed by atoms with Crippen molar-refractivity contribution in [2.75, 3.05) is 0 Å². The molecular formula is C10H11ClF2. The first-order valence-corrected chi connectivity index (χ1v) is 4.35. The smallest absolute Gasteiger partial charge is 0.202 e. The monoisotopic (exact) mass is 204 g/mol. The predicted molar refractivity (Wildman–Crippen MR) is 50.5 cm³/mol. The van der Waals surface area contributed by atoms with Crippen molar-refractivity contribution in [2.24, 2.45) is 0 Å². The molecule has 0 saturated heterocycles. The summed E-state index contributed by atoms with van der Waals surface area (Å²) in [4.78, 5) is 0. The molecule has 1 aromatic rings. The lowest BCUT2D eigenvalue weighted by atomic mass is 10.0. The topological polar surface area (TPSA) is 0 Å². The van der Waals surface area contributed by atoms with Crippen LogP contribution in [0.25, 0.3) is 0 Å². The van der Waals surface area contributed by atoms with E-state index in [2.05, 4.69) is 0 Å². The van der Waals surface area contributed by atoms with Crippen molar-refractivity contribution in [1.29, 1.82) is 0 Å². The van der Waals surface area contributed by atoms with Crippen LogP contribution in [0.1, 0.15) is 23.6 Å². The largest absolute Gasteiger partial charge is 0.270 e. The average Bonchev–Trinajstić information content (AvgIpc) is 1.94. The van der Waals surface area contributed by atoms with Gasteiger partial charge in [-0.1, -0.05) is 11.6 Å². The number of hydrogen-bond acceptors (Lipinski definition) is 0. The van der Waals surface area contributed by atoms with Crippen molar-refractivity contribution < 1.29 is 8.78 Å². The van der Waals surface area contributed by atoms with E-state index in [1.807, 2.05) is 0 Å². The van der Waals surface area contributed by atoms with Gasteiger partial charge in [0.2, 0.25) is 0 Å². The maximum absolute atomic E-state index is 13.0. The Balaban J connectivity index is 3.37. The van der Waals surface area contributed by atoms with Crippen LogP contribution in [-0.4, -0.2) is 0 Å². The van der Waals surface area contributed by atoms with Gasteiger partial charge in [0.25, 0.3) is 5.92 Å². The van der Waals surface area contributed by atoms with Crippen LogP contribution in [0.15, 0.2) is 12.1 Å². The fourth-order valence-electron chi connectivity index (χ4n) is 1.27. The van der Waals surface area contributed by atoms with Gasteiger partial charge < -0.3 is 0 Å². The highest BCUT2D eigenvalue weighted by Crippen LogP contribution is 2.33. The summed E-state index contributed by atoms with van der Waals surface area (Å²) in [6.07, 6.45) is 0. The summed E-state index contributed by atoms with van der Waals surface area (Å²) in [6, 6.07) is 3.16.